The monoisotopic (exact) mass is 258 g/mol. The second kappa shape index (κ2) is 5.36. The van der Waals surface area contributed by atoms with Crippen molar-refractivity contribution in [3.8, 4) is 5.75 Å². The van der Waals surface area contributed by atoms with Gasteiger partial charge < -0.3 is 4.74 Å². The van der Waals surface area contributed by atoms with Crippen LogP contribution in [0.15, 0.2) is 24.3 Å². The van der Waals surface area contributed by atoms with Crippen LogP contribution in [0.25, 0.3) is 0 Å². The molecular weight excluding hydrogens is 236 g/mol. The molecule has 0 bridgehead atoms. The number of rotatable bonds is 4. The molecule has 2 heteroatoms. The topological polar surface area (TPSA) is 26.3 Å². The van der Waals surface area contributed by atoms with Crippen molar-refractivity contribution >= 4 is 5.78 Å². The summed E-state index contributed by atoms with van der Waals surface area (Å²) in [6.07, 6.45) is 7.25. The van der Waals surface area contributed by atoms with Crippen molar-refractivity contribution in [2.75, 3.05) is 0 Å². The van der Waals surface area contributed by atoms with Gasteiger partial charge in [0.05, 0.1) is 6.10 Å². The molecule has 2 nitrogen and oxygen atoms in total. The third kappa shape index (κ3) is 3.17. The molecule has 1 aromatic rings. The highest BCUT2D eigenvalue weighted by Gasteiger charge is 2.26. The summed E-state index contributed by atoms with van der Waals surface area (Å²) in [5.41, 5.74) is 0.850. The number of hydrogen-bond donors (Lipinski definition) is 0. The van der Waals surface area contributed by atoms with Crippen LogP contribution in [0.2, 0.25) is 0 Å². The molecule has 0 atom stereocenters. The van der Waals surface area contributed by atoms with Gasteiger partial charge in [-0.25, -0.2) is 0 Å². The molecule has 0 aliphatic heterocycles. The van der Waals surface area contributed by atoms with Gasteiger partial charge in [0, 0.05) is 11.5 Å². The van der Waals surface area contributed by atoms with Crippen molar-refractivity contribution in [3.63, 3.8) is 0 Å². The Morgan fingerprint density at radius 1 is 1.00 bits per heavy atom. The summed E-state index contributed by atoms with van der Waals surface area (Å²) < 4.78 is 5.71. The maximum absolute atomic E-state index is 12.4. The lowest BCUT2D eigenvalue weighted by atomic mass is 9.79. The minimum absolute atomic E-state index is 0.242. The first-order valence-electron chi connectivity index (χ1n) is 7.53. The summed E-state index contributed by atoms with van der Waals surface area (Å²) in [5, 5.41) is 0. The van der Waals surface area contributed by atoms with Gasteiger partial charge in [0.1, 0.15) is 5.75 Å². The van der Waals surface area contributed by atoms with Crippen molar-refractivity contribution in [2.24, 2.45) is 11.8 Å². The van der Waals surface area contributed by atoms with Crippen LogP contribution in [-0.4, -0.2) is 11.9 Å². The minimum Gasteiger partial charge on any atom is -0.490 e. The van der Waals surface area contributed by atoms with Crippen LogP contribution in [0.4, 0.5) is 0 Å². The van der Waals surface area contributed by atoms with E-state index >= 15 is 0 Å². The van der Waals surface area contributed by atoms with Gasteiger partial charge in [-0.15, -0.1) is 0 Å². The minimum atomic E-state index is 0.242. The average Bonchev–Trinajstić information content (AvgIpc) is 3.24. The molecule has 2 fully saturated rings. The van der Waals surface area contributed by atoms with Gasteiger partial charge in [0.15, 0.2) is 5.78 Å². The highest BCUT2D eigenvalue weighted by Crippen LogP contribution is 2.31. The number of hydrogen-bond acceptors (Lipinski definition) is 2. The van der Waals surface area contributed by atoms with E-state index in [2.05, 4.69) is 6.92 Å². The second-order valence-corrected chi connectivity index (χ2v) is 6.16. The average molecular weight is 258 g/mol. The van der Waals surface area contributed by atoms with Crippen molar-refractivity contribution in [3.05, 3.63) is 29.8 Å². The Morgan fingerprint density at radius 2 is 1.63 bits per heavy atom. The fourth-order valence-electron chi connectivity index (χ4n) is 2.83. The number of benzene rings is 1. The van der Waals surface area contributed by atoms with Crippen molar-refractivity contribution < 1.29 is 9.53 Å². The van der Waals surface area contributed by atoms with E-state index in [1.807, 2.05) is 24.3 Å². The number of Topliss-reactive ketones (excluding diaryl/α,β-unsaturated/α-hetero) is 1. The van der Waals surface area contributed by atoms with Gasteiger partial charge in [-0.3, -0.25) is 4.79 Å². The van der Waals surface area contributed by atoms with E-state index in [9.17, 15) is 4.79 Å². The van der Waals surface area contributed by atoms with Crippen LogP contribution in [0.5, 0.6) is 5.75 Å². The molecule has 2 saturated carbocycles. The second-order valence-electron chi connectivity index (χ2n) is 6.16. The van der Waals surface area contributed by atoms with Gasteiger partial charge in [0.2, 0.25) is 0 Å². The van der Waals surface area contributed by atoms with Crippen LogP contribution >= 0.6 is 0 Å². The SMILES string of the molecule is CC1CCC(C(=O)c2ccc(OC3CC3)cc2)CC1. The largest absolute Gasteiger partial charge is 0.490 e. The number of carbonyl (C=O) groups excluding carboxylic acids is 1. The predicted molar refractivity (Wildman–Crippen MR) is 75.5 cm³/mol. The lowest BCUT2D eigenvalue weighted by Gasteiger charge is -2.25. The number of ether oxygens (including phenoxy) is 1. The number of ketones is 1. The Kier molecular flexibility index (Phi) is 3.58. The number of carbonyl (C=O) groups is 1. The molecular formula is C17H22O2. The molecule has 0 radical (unpaired) electrons. The molecule has 0 amide bonds. The first kappa shape index (κ1) is 12.7. The van der Waals surface area contributed by atoms with Crippen LogP contribution in [-0.2, 0) is 0 Å². The molecule has 0 unspecified atom stereocenters. The first-order chi connectivity index (χ1) is 9.22. The van der Waals surface area contributed by atoms with E-state index in [4.69, 9.17) is 4.74 Å². The molecule has 0 saturated heterocycles. The summed E-state index contributed by atoms with van der Waals surface area (Å²) in [6, 6.07) is 7.74. The molecule has 0 heterocycles. The summed E-state index contributed by atoms with van der Waals surface area (Å²) in [5.74, 6) is 2.26. The molecule has 0 spiro atoms. The van der Waals surface area contributed by atoms with Crippen LogP contribution < -0.4 is 4.74 Å². The van der Waals surface area contributed by atoms with E-state index in [0.29, 0.717) is 11.9 Å². The first-order valence-corrected chi connectivity index (χ1v) is 7.53. The van der Waals surface area contributed by atoms with Gasteiger partial charge in [-0.05, 0) is 55.9 Å². The van der Waals surface area contributed by atoms with E-state index < -0.39 is 0 Å². The van der Waals surface area contributed by atoms with Crippen molar-refractivity contribution in [1.82, 2.24) is 0 Å². The third-order valence-corrected chi connectivity index (χ3v) is 4.35. The van der Waals surface area contributed by atoms with E-state index in [1.54, 1.807) is 0 Å². The molecule has 3 rings (SSSR count). The van der Waals surface area contributed by atoms with Gasteiger partial charge >= 0.3 is 0 Å². The van der Waals surface area contributed by atoms with Gasteiger partial charge in [0.25, 0.3) is 0 Å². The smallest absolute Gasteiger partial charge is 0.165 e. The van der Waals surface area contributed by atoms with E-state index in [0.717, 1.165) is 30.1 Å². The summed E-state index contributed by atoms with van der Waals surface area (Å²) in [6.45, 7) is 2.28. The molecule has 1 aromatic carbocycles. The maximum atomic E-state index is 12.4. The third-order valence-electron chi connectivity index (χ3n) is 4.35. The van der Waals surface area contributed by atoms with Crippen LogP contribution in [0, 0.1) is 11.8 Å². The van der Waals surface area contributed by atoms with Gasteiger partial charge in [-0.2, -0.15) is 0 Å². The fourth-order valence-corrected chi connectivity index (χ4v) is 2.83. The molecule has 0 N–H and O–H groups in total. The summed E-state index contributed by atoms with van der Waals surface area (Å²) in [7, 11) is 0. The molecule has 19 heavy (non-hydrogen) atoms. The maximum Gasteiger partial charge on any atom is 0.165 e. The molecule has 2 aliphatic rings. The van der Waals surface area contributed by atoms with E-state index in [-0.39, 0.29) is 5.92 Å². The van der Waals surface area contributed by atoms with Crippen molar-refractivity contribution in [1.29, 1.82) is 0 Å². The fraction of sp³-hybridized carbons (Fsp3) is 0.588. The zero-order valence-electron chi connectivity index (χ0n) is 11.6. The van der Waals surface area contributed by atoms with E-state index in [1.165, 1.54) is 25.7 Å². The Hall–Kier alpha value is -1.31. The van der Waals surface area contributed by atoms with Crippen LogP contribution in [0.3, 0.4) is 0 Å². The Labute approximate surface area is 115 Å². The van der Waals surface area contributed by atoms with Crippen molar-refractivity contribution in [2.45, 2.75) is 51.6 Å². The molecule has 0 aromatic heterocycles. The standard InChI is InChI=1S/C17H22O2/c1-12-2-4-13(5-3-12)17(18)14-6-8-15(9-7-14)19-16-10-11-16/h6-9,12-13,16H,2-5,10-11H2,1H3. The Morgan fingerprint density at radius 3 is 2.21 bits per heavy atom. The van der Waals surface area contributed by atoms with Gasteiger partial charge in [-0.1, -0.05) is 19.8 Å². The lowest BCUT2D eigenvalue weighted by molar-refractivity contribution is 0.0875. The zero-order chi connectivity index (χ0) is 13.2. The normalized spacial score (nSPS) is 27.0. The Bertz CT molecular complexity index is 437. The molecule has 102 valence electrons. The quantitative estimate of drug-likeness (QED) is 0.755. The zero-order valence-corrected chi connectivity index (χ0v) is 11.6. The summed E-state index contributed by atoms with van der Waals surface area (Å²) in [4.78, 5) is 12.4. The summed E-state index contributed by atoms with van der Waals surface area (Å²) >= 11 is 0. The predicted octanol–water partition coefficient (Wildman–Crippen LogP) is 4.24. The lowest BCUT2D eigenvalue weighted by Crippen LogP contribution is -2.20. The highest BCUT2D eigenvalue weighted by atomic mass is 16.5. The highest BCUT2D eigenvalue weighted by molar-refractivity contribution is 5.98. The van der Waals surface area contributed by atoms with Crippen LogP contribution in [0.1, 0.15) is 55.8 Å². The Balaban J connectivity index is 1.62. The molecule has 2 aliphatic carbocycles.